The van der Waals surface area contributed by atoms with Crippen molar-refractivity contribution in [1.82, 2.24) is 10.3 Å². The quantitative estimate of drug-likeness (QED) is 0.517. The van der Waals surface area contributed by atoms with E-state index >= 15 is 0 Å². The van der Waals surface area contributed by atoms with Gasteiger partial charge in [-0.05, 0) is 31.2 Å². The molecule has 8 nitrogen and oxygen atoms in total. The van der Waals surface area contributed by atoms with Crippen LogP contribution < -0.4 is 14.9 Å². The summed E-state index contributed by atoms with van der Waals surface area (Å²) in [7, 11) is 0. The van der Waals surface area contributed by atoms with Crippen LogP contribution in [0.2, 0.25) is 0 Å². The predicted octanol–water partition coefficient (Wildman–Crippen LogP) is 3.48. The summed E-state index contributed by atoms with van der Waals surface area (Å²) in [4.78, 5) is 26.0. The van der Waals surface area contributed by atoms with Crippen molar-refractivity contribution in [3.05, 3.63) is 60.2 Å². The van der Waals surface area contributed by atoms with E-state index in [1.807, 2.05) is 30.3 Å². The normalized spacial score (nSPS) is 13.3. The number of hydrogen-bond acceptors (Lipinski definition) is 6. The number of benzene rings is 2. The molecule has 2 aromatic carbocycles. The summed E-state index contributed by atoms with van der Waals surface area (Å²) >= 11 is 0. The van der Waals surface area contributed by atoms with E-state index in [1.54, 1.807) is 36.1 Å². The minimum atomic E-state index is -0.347. The molecular weight excluding hydrogens is 398 g/mol. The van der Waals surface area contributed by atoms with Crippen molar-refractivity contribution in [1.29, 1.82) is 0 Å². The third-order valence-electron chi connectivity index (χ3n) is 4.67. The summed E-state index contributed by atoms with van der Waals surface area (Å²) in [6, 6.07) is 16.5. The monoisotopic (exact) mass is 425 g/mol. The van der Waals surface area contributed by atoms with Crippen LogP contribution in [0.1, 0.15) is 30.1 Å². The average Bonchev–Trinajstić information content (AvgIpc) is 2.82. The first kappa shape index (κ1) is 22.1. The van der Waals surface area contributed by atoms with Crippen LogP contribution in [0.5, 0.6) is 11.5 Å². The van der Waals surface area contributed by atoms with Crippen molar-refractivity contribution in [3.8, 4) is 11.5 Å². The lowest BCUT2D eigenvalue weighted by Gasteiger charge is -2.26. The molecule has 164 valence electrons. The van der Waals surface area contributed by atoms with Crippen LogP contribution in [0.4, 0.5) is 4.79 Å². The van der Waals surface area contributed by atoms with Gasteiger partial charge < -0.3 is 19.1 Å². The SMILES string of the molecule is CCOC(=O)N1CCC(=NNC(=O)c2ccccc2OCCOc2ccccc2)CC1. The number of hydrogen-bond donors (Lipinski definition) is 1. The summed E-state index contributed by atoms with van der Waals surface area (Å²) in [5, 5.41) is 4.23. The van der Waals surface area contributed by atoms with E-state index in [0.717, 1.165) is 11.5 Å². The Kier molecular flexibility index (Phi) is 8.28. The molecule has 0 aromatic heterocycles. The van der Waals surface area contributed by atoms with E-state index in [9.17, 15) is 9.59 Å². The van der Waals surface area contributed by atoms with Gasteiger partial charge in [-0.1, -0.05) is 30.3 Å². The van der Waals surface area contributed by atoms with Crippen LogP contribution in [0, 0.1) is 0 Å². The van der Waals surface area contributed by atoms with Crippen molar-refractivity contribution >= 4 is 17.7 Å². The number of nitrogens with one attached hydrogen (secondary N) is 1. The van der Waals surface area contributed by atoms with Crippen LogP contribution in [0.3, 0.4) is 0 Å². The number of likely N-dealkylation sites (tertiary alicyclic amines) is 1. The molecule has 2 amide bonds. The maximum atomic E-state index is 12.6. The highest BCUT2D eigenvalue weighted by molar-refractivity contribution is 5.98. The molecule has 1 N–H and O–H groups in total. The van der Waals surface area contributed by atoms with Crippen LogP contribution in [-0.2, 0) is 4.74 Å². The van der Waals surface area contributed by atoms with Gasteiger partial charge in [0.2, 0.25) is 0 Å². The van der Waals surface area contributed by atoms with Crippen molar-refractivity contribution < 1.29 is 23.8 Å². The van der Waals surface area contributed by atoms with Gasteiger partial charge in [0.15, 0.2) is 0 Å². The van der Waals surface area contributed by atoms with Gasteiger partial charge in [-0.3, -0.25) is 4.79 Å². The van der Waals surface area contributed by atoms with Gasteiger partial charge in [0.05, 0.1) is 12.2 Å². The number of carbonyl (C=O) groups is 2. The lowest BCUT2D eigenvalue weighted by atomic mass is 10.1. The summed E-state index contributed by atoms with van der Waals surface area (Å²) in [6.07, 6.45) is 0.871. The van der Waals surface area contributed by atoms with Crippen molar-refractivity contribution in [2.75, 3.05) is 32.9 Å². The number of rotatable bonds is 8. The summed E-state index contributed by atoms with van der Waals surface area (Å²) in [5.74, 6) is 0.885. The second kappa shape index (κ2) is 11.6. The first-order chi connectivity index (χ1) is 15.2. The molecule has 3 rings (SSSR count). The molecular formula is C23H27N3O5. The highest BCUT2D eigenvalue weighted by Gasteiger charge is 2.21. The van der Waals surface area contributed by atoms with Gasteiger partial charge in [0, 0.05) is 31.6 Å². The second-order valence-electron chi connectivity index (χ2n) is 6.81. The third kappa shape index (κ3) is 6.74. The number of amides is 2. The van der Waals surface area contributed by atoms with E-state index in [2.05, 4.69) is 10.5 Å². The fraction of sp³-hybridized carbons (Fsp3) is 0.348. The lowest BCUT2D eigenvalue weighted by molar-refractivity contribution is 0.0946. The van der Waals surface area contributed by atoms with Crippen molar-refractivity contribution in [3.63, 3.8) is 0 Å². The molecule has 0 spiro atoms. The Balaban J connectivity index is 1.48. The fourth-order valence-corrected chi connectivity index (χ4v) is 3.07. The molecule has 0 aliphatic carbocycles. The smallest absolute Gasteiger partial charge is 0.409 e. The minimum Gasteiger partial charge on any atom is -0.490 e. The Morgan fingerprint density at radius 3 is 2.39 bits per heavy atom. The van der Waals surface area contributed by atoms with E-state index < -0.39 is 0 Å². The zero-order valence-electron chi connectivity index (χ0n) is 17.6. The van der Waals surface area contributed by atoms with E-state index in [0.29, 0.717) is 57.1 Å². The van der Waals surface area contributed by atoms with Crippen molar-refractivity contribution in [2.24, 2.45) is 5.10 Å². The minimum absolute atomic E-state index is 0.303. The topological polar surface area (TPSA) is 89.5 Å². The number of nitrogens with zero attached hydrogens (tertiary/aromatic N) is 2. The second-order valence-corrected chi connectivity index (χ2v) is 6.81. The molecule has 0 bridgehead atoms. The van der Waals surface area contributed by atoms with E-state index in [-0.39, 0.29) is 12.0 Å². The van der Waals surface area contributed by atoms with Crippen LogP contribution in [0.15, 0.2) is 59.7 Å². The largest absolute Gasteiger partial charge is 0.490 e. The molecule has 2 aromatic rings. The summed E-state index contributed by atoms with van der Waals surface area (Å²) in [5.41, 5.74) is 3.83. The number of ether oxygens (including phenoxy) is 3. The van der Waals surface area contributed by atoms with Gasteiger partial charge in [0.25, 0.3) is 5.91 Å². The zero-order valence-corrected chi connectivity index (χ0v) is 17.6. The Morgan fingerprint density at radius 1 is 0.968 bits per heavy atom. The third-order valence-corrected chi connectivity index (χ3v) is 4.67. The Bertz CT molecular complexity index is 891. The summed E-state index contributed by atoms with van der Waals surface area (Å²) in [6.45, 7) is 3.84. The molecule has 0 radical (unpaired) electrons. The summed E-state index contributed by atoms with van der Waals surface area (Å²) < 4.78 is 16.4. The molecule has 1 aliphatic heterocycles. The van der Waals surface area contributed by atoms with Crippen LogP contribution >= 0.6 is 0 Å². The van der Waals surface area contributed by atoms with E-state index in [1.165, 1.54) is 0 Å². The maximum absolute atomic E-state index is 12.6. The maximum Gasteiger partial charge on any atom is 0.409 e. The van der Waals surface area contributed by atoms with Crippen LogP contribution in [-0.4, -0.2) is 55.5 Å². The molecule has 1 heterocycles. The Morgan fingerprint density at radius 2 is 1.65 bits per heavy atom. The average molecular weight is 425 g/mol. The number of hydrazone groups is 1. The predicted molar refractivity (Wildman–Crippen MR) is 117 cm³/mol. The van der Waals surface area contributed by atoms with Crippen molar-refractivity contribution in [2.45, 2.75) is 19.8 Å². The standard InChI is InChI=1S/C23H27N3O5/c1-2-29-23(28)26-14-12-18(13-15-26)24-25-22(27)20-10-6-7-11-21(20)31-17-16-30-19-8-4-3-5-9-19/h3-11H,2,12-17H2,1H3,(H,25,27). The van der Waals surface area contributed by atoms with Gasteiger partial charge in [-0.2, -0.15) is 5.10 Å². The highest BCUT2D eigenvalue weighted by atomic mass is 16.6. The number of piperidine rings is 1. The number of para-hydroxylation sites is 2. The van der Waals surface area contributed by atoms with Gasteiger partial charge >= 0.3 is 6.09 Å². The molecule has 0 saturated carbocycles. The molecule has 1 aliphatic rings. The highest BCUT2D eigenvalue weighted by Crippen LogP contribution is 2.18. The molecule has 0 atom stereocenters. The first-order valence-corrected chi connectivity index (χ1v) is 10.3. The molecule has 1 fully saturated rings. The van der Waals surface area contributed by atoms with Crippen LogP contribution in [0.25, 0.3) is 0 Å². The molecule has 0 unspecified atom stereocenters. The number of carbonyl (C=O) groups excluding carboxylic acids is 2. The molecule has 1 saturated heterocycles. The van der Waals surface area contributed by atoms with Gasteiger partial charge in [-0.25, -0.2) is 10.2 Å². The molecule has 8 heteroatoms. The van der Waals surface area contributed by atoms with E-state index in [4.69, 9.17) is 14.2 Å². The fourth-order valence-electron chi connectivity index (χ4n) is 3.07. The lowest BCUT2D eigenvalue weighted by Crippen LogP contribution is -2.39. The Labute approximate surface area is 181 Å². The first-order valence-electron chi connectivity index (χ1n) is 10.3. The zero-order chi connectivity index (χ0) is 21.9. The van der Waals surface area contributed by atoms with Gasteiger partial charge in [0.1, 0.15) is 24.7 Å². The molecule has 31 heavy (non-hydrogen) atoms. The Hall–Kier alpha value is -3.55. The van der Waals surface area contributed by atoms with Gasteiger partial charge in [-0.15, -0.1) is 0 Å².